The molecule has 6 heteroatoms. The van der Waals surface area contributed by atoms with E-state index in [1.807, 2.05) is 25.1 Å². The van der Waals surface area contributed by atoms with E-state index in [2.05, 4.69) is 32.9 Å². The zero-order valence-corrected chi connectivity index (χ0v) is 10.5. The minimum Gasteiger partial charge on any atom is -0.508 e. The summed E-state index contributed by atoms with van der Waals surface area (Å²) < 4.78 is 0. The van der Waals surface area contributed by atoms with Gasteiger partial charge in [0.15, 0.2) is 5.82 Å². The Morgan fingerprint density at radius 1 is 1.39 bits per heavy atom. The lowest BCUT2D eigenvalue weighted by Gasteiger charge is -2.21. The molecule has 2 aromatic rings. The quantitative estimate of drug-likeness (QED) is 0.748. The van der Waals surface area contributed by atoms with Gasteiger partial charge in [-0.25, -0.2) is 0 Å². The van der Waals surface area contributed by atoms with E-state index >= 15 is 0 Å². The van der Waals surface area contributed by atoms with Gasteiger partial charge in [-0.3, -0.25) is 0 Å². The minimum absolute atomic E-state index is 0.0340. The van der Waals surface area contributed by atoms with Crippen molar-refractivity contribution in [1.82, 2.24) is 25.9 Å². The molecule has 0 aliphatic heterocycles. The second-order valence-electron chi connectivity index (χ2n) is 4.18. The summed E-state index contributed by atoms with van der Waals surface area (Å²) >= 11 is 0. The fourth-order valence-corrected chi connectivity index (χ4v) is 1.94. The Labute approximate surface area is 105 Å². The summed E-state index contributed by atoms with van der Waals surface area (Å²) in [6.45, 7) is 4.03. The maximum atomic E-state index is 9.87. The van der Waals surface area contributed by atoms with Gasteiger partial charge in [-0.05, 0) is 19.4 Å². The normalized spacial score (nSPS) is 14.3. The number of hydrogen-bond acceptors (Lipinski definition) is 5. The van der Waals surface area contributed by atoms with Crippen molar-refractivity contribution in [3.05, 3.63) is 35.7 Å². The highest BCUT2D eigenvalue weighted by molar-refractivity contribution is 5.34. The first kappa shape index (κ1) is 12.5. The lowest BCUT2D eigenvalue weighted by molar-refractivity contribution is 0.412. The maximum Gasteiger partial charge on any atom is 0.191 e. The van der Waals surface area contributed by atoms with Crippen molar-refractivity contribution in [2.24, 2.45) is 0 Å². The van der Waals surface area contributed by atoms with Crippen molar-refractivity contribution in [2.45, 2.75) is 32.4 Å². The Balaban J connectivity index is 2.13. The van der Waals surface area contributed by atoms with Crippen LogP contribution in [0.25, 0.3) is 0 Å². The van der Waals surface area contributed by atoms with Crippen LogP contribution < -0.4 is 5.32 Å². The maximum absolute atomic E-state index is 9.87. The van der Waals surface area contributed by atoms with Crippen LogP contribution in [-0.2, 0) is 0 Å². The van der Waals surface area contributed by atoms with Gasteiger partial charge in [-0.2, -0.15) is 5.21 Å². The number of nitrogens with one attached hydrogen (secondary N) is 2. The van der Waals surface area contributed by atoms with Crippen molar-refractivity contribution in [1.29, 1.82) is 0 Å². The van der Waals surface area contributed by atoms with Crippen LogP contribution >= 0.6 is 0 Å². The number of rotatable bonds is 5. The number of phenols is 1. The number of phenolic OH excluding ortho intramolecular Hbond substituents is 1. The minimum atomic E-state index is -0.0340. The third kappa shape index (κ3) is 2.65. The van der Waals surface area contributed by atoms with Crippen molar-refractivity contribution in [3.63, 3.8) is 0 Å². The molecule has 0 bridgehead atoms. The van der Waals surface area contributed by atoms with Crippen molar-refractivity contribution in [3.8, 4) is 5.75 Å². The van der Waals surface area contributed by atoms with E-state index in [-0.39, 0.29) is 12.1 Å². The predicted molar refractivity (Wildman–Crippen MR) is 66.9 cm³/mol. The van der Waals surface area contributed by atoms with E-state index < -0.39 is 0 Å². The highest BCUT2D eigenvalue weighted by Crippen LogP contribution is 2.27. The second-order valence-corrected chi connectivity index (χ2v) is 4.18. The van der Waals surface area contributed by atoms with Crippen molar-refractivity contribution < 1.29 is 5.11 Å². The van der Waals surface area contributed by atoms with Crippen LogP contribution in [0.5, 0.6) is 5.75 Å². The highest BCUT2D eigenvalue weighted by Gasteiger charge is 2.18. The Morgan fingerprint density at radius 3 is 2.78 bits per heavy atom. The van der Waals surface area contributed by atoms with Gasteiger partial charge in [0.05, 0.1) is 6.04 Å². The van der Waals surface area contributed by atoms with Crippen molar-refractivity contribution in [2.75, 3.05) is 0 Å². The average Bonchev–Trinajstić information content (AvgIpc) is 2.90. The molecule has 2 rings (SSSR count). The zero-order chi connectivity index (χ0) is 13.0. The second kappa shape index (κ2) is 5.59. The smallest absolute Gasteiger partial charge is 0.191 e. The van der Waals surface area contributed by atoms with E-state index in [0.29, 0.717) is 11.6 Å². The molecule has 0 saturated carbocycles. The fourth-order valence-electron chi connectivity index (χ4n) is 1.94. The molecule has 2 atom stereocenters. The van der Waals surface area contributed by atoms with Crippen LogP contribution in [-0.4, -0.2) is 25.7 Å². The summed E-state index contributed by atoms with van der Waals surface area (Å²) in [6.07, 6.45) is 0.861. The topological polar surface area (TPSA) is 86.7 Å². The van der Waals surface area contributed by atoms with Gasteiger partial charge in [0.25, 0.3) is 0 Å². The number of nitrogens with zero attached hydrogens (tertiary/aromatic N) is 3. The van der Waals surface area contributed by atoms with E-state index in [9.17, 15) is 5.11 Å². The third-order valence-corrected chi connectivity index (χ3v) is 2.92. The summed E-state index contributed by atoms with van der Waals surface area (Å²) in [4.78, 5) is 0. The summed E-state index contributed by atoms with van der Waals surface area (Å²) in [6, 6.07) is 7.36. The first-order chi connectivity index (χ1) is 8.72. The SMILES string of the molecule is CCC(NC(C)c1nn[nH]n1)c1ccccc1O. The molecule has 0 aliphatic rings. The van der Waals surface area contributed by atoms with Crippen LogP contribution in [0, 0.1) is 0 Å². The van der Waals surface area contributed by atoms with Gasteiger partial charge < -0.3 is 10.4 Å². The standard InChI is InChI=1S/C12H17N5O/c1-3-10(9-6-4-5-7-11(9)18)13-8(2)12-14-16-17-15-12/h4-8,10,13,18H,3H2,1-2H3,(H,14,15,16,17). The van der Waals surface area contributed by atoms with E-state index in [1.165, 1.54) is 0 Å². The Hall–Kier alpha value is -1.95. The summed E-state index contributed by atoms with van der Waals surface area (Å²) in [7, 11) is 0. The molecular weight excluding hydrogens is 230 g/mol. The van der Waals surface area contributed by atoms with Crippen LogP contribution in [0.4, 0.5) is 0 Å². The molecule has 1 heterocycles. The number of tetrazole rings is 1. The molecule has 0 spiro atoms. The fraction of sp³-hybridized carbons (Fsp3) is 0.417. The number of aromatic nitrogens is 4. The molecule has 0 radical (unpaired) electrons. The zero-order valence-electron chi connectivity index (χ0n) is 10.5. The lowest BCUT2D eigenvalue weighted by atomic mass is 10.0. The molecule has 3 N–H and O–H groups in total. The summed E-state index contributed by atoms with van der Waals surface area (Å²) in [5.74, 6) is 0.918. The molecule has 1 aromatic heterocycles. The molecule has 18 heavy (non-hydrogen) atoms. The largest absolute Gasteiger partial charge is 0.508 e. The van der Waals surface area contributed by atoms with Gasteiger partial charge in [0, 0.05) is 11.6 Å². The number of H-pyrrole nitrogens is 1. The Kier molecular flexibility index (Phi) is 3.88. The average molecular weight is 247 g/mol. The molecule has 2 unspecified atom stereocenters. The van der Waals surface area contributed by atoms with Crippen LogP contribution in [0.15, 0.2) is 24.3 Å². The highest BCUT2D eigenvalue weighted by atomic mass is 16.3. The van der Waals surface area contributed by atoms with Gasteiger partial charge in [0.2, 0.25) is 0 Å². The van der Waals surface area contributed by atoms with Gasteiger partial charge in [-0.15, -0.1) is 10.2 Å². The molecule has 0 amide bonds. The number of aromatic amines is 1. The first-order valence-corrected chi connectivity index (χ1v) is 5.99. The molecule has 6 nitrogen and oxygen atoms in total. The van der Waals surface area contributed by atoms with E-state index in [0.717, 1.165) is 12.0 Å². The number of hydrogen-bond donors (Lipinski definition) is 3. The van der Waals surface area contributed by atoms with Crippen LogP contribution in [0.2, 0.25) is 0 Å². The van der Waals surface area contributed by atoms with Gasteiger partial charge in [0.1, 0.15) is 5.75 Å². The molecule has 0 aliphatic carbocycles. The molecule has 0 saturated heterocycles. The number of para-hydroxylation sites is 1. The van der Waals surface area contributed by atoms with Gasteiger partial charge >= 0.3 is 0 Å². The predicted octanol–water partition coefficient (Wildman–Crippen LogP) is 1.71. The van der Waals surface area contributed by atoms with Crippen molar-refractivity contribution >= 4 is 0 Å². The number of benzene rings is 1. The third-order valence-electron chi connectivity index (χ3n) is 2.92. The van der Waals surface area contributed by atoms with Crippen LogP contribution in [0.1, 0.15) is 43.7 Å². The molecule has 96 valence electrons. The molecular formula is C12H17N5O. The molecule has 1 aromatic carbocycles. The first-order valence-electron chi connectivity index (χ1n) is 5.99. The van der Waals surface area contributed by atoms with E-state index in [1.54, 1.807) is 6.07 Å². The summed E-state index contributed by atoms with van der Waals surface area (Å²) in [5, 5.41) is 27.1. The molecule has 0 fully saturated rings. The van der Waals surface area contributed by atoms with Gasteiger partial charge in [-0.1, -0.05) is 30.3 Å². The Bertz CT molecular complexity index is 485. The van der Waals surface area contributed by atoms with E-state index in [4.69, 9.17) is 0 Å². The van der Waals surface area contributed by atoms with Crippen LogP contribution in [0.3, 0.4) is 0 Å². The Morgan fingerprint density at radius 2 is 2.17 bits per heavy atom. The lowest BCUT2D eigenvalue weighted by Crippen LogP contribution is -2.25. The monoisotopic (exact) mass is 247 g/mol. The number of aromatic hydroxyl groups is 1. The summed E-state index contributed by atoms with van der Waals surface area (Å²) in [5.41, 5.74) is 0.885.